The van der Waals surface area contributed by atoms with Crippen molar-refractivity contribution in [1.82, 2.24) is 4.68 Å². The van der Waals surface area contributed by atoms with Crippen molar-refractivity contribution < 1.29 is 4.42 Å². The number of nitrogens with zero attached hydrogens (tertiary/aromatic N) is 2. The number of rotatable bonds is 1. The summed E-state index contributed by atoms with van der Waals surface area (Å²) in [5, 5.41) is 2.02. The summed E-state index contributed by atoms with van der Waals surface area (Å²) < 4.78 is 6.79. The summed E-state index contributed by atoms with van der Waals surface area (Å²) in [6.07, 6.45) is 0. The van der Waals surface area contributed by atoms with Gasteiger partial charge in [0.25, 0.3) is 0 Å². The van der Waals surface area contributed by atoms with Crippen LogP contribution in [-0.4, -0.2) is 16.8 Å². The normalized spacial score (nSPS) is 24.8. The highest BCUT2D eigenvalue weighted by atomic mass is 16.4. The molecule has 2 unspecified atom stereocenters. The first-order valence-electron chi connectivity index (χ1n) is 5.09. The summed E-state index contributed by atoms with van der Waals surface area (Å²) in [5.41, 5.74) is 1.49. The quantitative estimate of drug-likeness (QED) is 0.657. The van der Waals surface area contributed by atoms with Gasteiger partial charge in [0, 0.05) is 0 Å². The maximum atomic E-state index is 11.7. The van der Waals surface area contributed by atoms with Gasteiger partial charge in [0.05, 0.1) is 12.1 Å². The van der Waals surface area contributed by atoms with Gasteiger partial charge in [0.15, 0.2) is 5.58 Å². The van der Waals surface area contributed by atoms with E-state index >= 15 is 0 Å². The fourth-order valence-electron chi connectivity index (χ4n) is 2.02. The second-order valence-corrected chi connectivity index (χ2v) is 4.01. The highest BCUT2D eigenvalue weighted by Gasteiger charge is 2.42. The molecule has 0 N–H and O–H groups in total. The Labute approximate surface area is 86.7 Å². The zero-order chi connectivity index (χ0) is 10.6. The minimum atomic E-state index is -0.299. The third-order valence-electron chi connectivity index (χ3n) is 3.14. The van der Waals surface area contributed by atoms with Crippen LogP contribution in [0.2, 0.25) is 0 Å². The first-order valence-corrected chi connectivity index (χ1v) is 5.09. The number of para-hydroxylation sites is 2. The van der Waals surface area contributed by atoms with Crippen LogP contribution < -0.4 is 10.8 Å². The summed E-state index contributed by atoms with van der Waals surface area (Å²) in [7, 11) is 0. The van der Waals surface area contributed by atoms with Crippen LogP contribution in [0.15, 0.2) is 33.5 Å². The second kappa shape index (κ2) is 2.66. The summed E-state index contributed by atoms with van der Waals surface area (Å²) in [6.45, 7) is 4.19. The molecule has 1 aliphatic rings. The molecule has 2 atom stereocenters. The fraction of sp³-hybridized carbons (Fsp3) is 0.364. The van der Waals surface area contributed by atoms with Crippen LogP contribution >= 0.6 is 0 Å². The predicted molar refractivity (Wildman–Crippen MR) is 57.6 cm³/mol. The monoisotopic (exact) mass is 204 g/mol. The lowest BCUT2D eigenvalue weighted by molar-refractivity contribution is 0.517. The van der Waals surface area contributed by atoms with E-state index in [1.807, 2.05) is 29.3 Å². The highest BCUT2D eigenvalue weighted by Crippen LogP contribution is 2.26. The summed E-state index contributed by atoms with van der Waals surface area (Å²) in [6, 6.07) is 8.30. The van der Waals surface area contributed by atoms with E-state index in [0.29, 0.717) is 17.7 Å². The van der Waals surface area contributed by atoms with E-state index in [2.05, 4.69) is 13.8 Å². The molecule has 78 valence electrons. The smallest absolute Gasteiger partial charge is 0.406 e. The molecule has 1 aromatic carbocycles. The Morgan fingerprint density at radius 1 is 1.20 bits per heavy atom. The molecule has 0 radical (unpaired) electrons. The van der Waals surface area contributed by atoms with Crippen molar-refractivity contribution in [1.29, 1.82) is 0 Å². The molecule has 3 rings (SSSR count). The number of fused-ring (bicyclic) bond motifs is 1. The zero-order valence-corrected chi connectivity index (χ0v) is 8.68. The van der Waals surface area contributed by atoms with E-state index in [9.17, 15) is 4.79 Å². The van der Waals surface area contributed by atoms with Gasteiger partial charge in [-0.05, 0) is 26.0 Å². The fourth-order valence-corrected chi connectivity index (χ4v) is 2.02. The van der Waals surface area contributed by atoms with Crippen molar-refractivity contribution in [2.75, 3.05) is 5.01 Å². The molecule has 0 spiro atoms. The molecular formula is C11H12N2O2. The van der Waals surface area contributed by atoms with Crippen molar-refractivity contribution in [3.05, 3.63) is 34.8 Å². The first-order chi connectivity index (χ1) is 7.20. The number of hydrogen-bond acceptors (Lipinski definition) is 3. The van der Waals surface area contributed by atoms with Crippen molar-refractivity contribution in [2.45, 2.75) is 25.9 Å². The molecule has 1 aliphatic heterocycles. The first kappa shape index (κ1) is 8.59. The topological polar surface area (TPSA) is 38.1 Å². The third kappa shape index (κ3) is 1.04. The SMILES string of the molecule is CC1C(C)N1n1c(=O)oc2ccccc21. The van der Waals surface area contributed by atoms with Gasteiger partial charge in [-0.1, -0.05) is 12.1 Å². The number of benzene rings is 1. The average Bonchev–Trinajstić information content (AvgIpc) is 2.69. The Morgan fingerprint density at radius 3 is 2.53 bits per heavy atom. The van der Waals surface area contributed by atoms with E-state index in [1.54, 1.807) is 4.68 Å². The molecule has 4 heteroatoms. The Bertz CT molecular complexity index is 561. The van der Waals surface area contributed by atoms with E-state index in [0.717, 1.165) is 5.52 Å². The summed E-state index contributed by atoms with van der Waals surface area (Å²) in [5.74, 6) is -0.299. The summed E-state index contributed by atoms with van der Waals surface area (Å²) >= 11 is 0. The Balaban J connectivity index is 2.26. The van der Waals surface area contributed by atoms with Crippen LogP contribution in [0.5, 0.6) is 0 Å². The molecule has 1 saturated heterocycles. The predicted octanol–water partition coefficient (Wildman–Crippen LogP) is 1.32. The lowest BCUT2D eigenvalue weighted by Gasteiger charge is -2.03. The molecule has 0 aliphatic carbocycles. The van der Waals surface area contributed by atoms with Gasteiger partial charge >= 0.3 is 5.76 Å². The number of oxazole rings is 1. The largest absolute Gasteiger partial charge is 0.438 e. The molecule has 1 fully saturated rings. The lowest BCUT2D eigenvalue weighted by atomic mass is 10.3. The molecule has 0 amide bonds. The number of aromatic nitrogens is 1. The number of hydrogen-bond donors (Lipinski definition) is 0. The van der Waals surface area contributed by atoms with Crippen LogP contribution in [0, 0.1) is 0 Å². The molecule has 0 bridgehead atoms. The molecule has 2 heterocycles. The zero-order valence-electron chi connectivity index (χ0n) is 8.68. The minimum Gasteiger partial charge on any atom is -0.406 e. The average molecular weight is 204 g/mol. The highest BCUT2D eigenvalue weighted by molar-refractivity contribution is 5.73. The Kier molecular flexibility index (Phi) is 1.52. The van der Waals surface area contributed by atoms with Gasteiger partial charge < -0.3 is 4.42 Å². The summed E-state index contributed by atoms with van der Waals surface area (Å²) in [4.78, 5) is 11.7. The standard InChI is InChI=1S/C11H12N2O2/c1-7-8(2)12(7)13-9-5-3-4-6-10(9)15-11(13)14/h3-8H,1-2H3. The van der Waals surface area contributed by atoms with Gasteiger partial charge in [-0.15, -0.1) is 0 Å². The Morgan fingerprint density at radius 2 is 1.87 bits per heavy atom. The van der Waals surface area contributed by atoms with Crippen LogP contribution in [0.25, 0.3) is 11.1 Å². The van der Waals surface area contributed by atoms with Crippen LogP contribution in [0.3, 0.4) is 0 Å². The van der Waals surface area contributed by atoms with Crippen molar-refractivity contribution in [2.24, 2.45) is 0 Å². The minimum absolute atomic E-state index is 0.299. The van der Waals surface area contributed by atoms with Gasteiger partial charge in [0.1, 0.15) is 5.52 Å². The van der Waals surface area contributed by atoms with Gasteiger partial charge in [0.2, 0.25) is 0 Å². The lowest BCUT2D eigenvalue weighted by Crippen LogP contribution is -2.26. The maximum Gasteiger partial charge on any atom is 0.438 e. The maximum absolute atomic E-state index is 11.7. The van der Waals surface area contributed by atoms with Crippen molar-refractivity contribution >= 4 is 11.1 Å². The van der Waals surface area contributed by atoms with E-state index in [4.69, 9.17) is 4.42 Å². The van der Waals surface area contributed by atoms with E-state index in [-0.39, 0.29) is 5.76 Å². The molecule has 4 nitrogen and oxygen atoms in total. The van der Waals surface area contributed by atoms with Crippen molar-refractivity contribution in [3.63, 3.8) is 0 Å². The second-order valence-electron chi connectivity index (χ2n) is 4.01. The molecule has 15 heavy (non-hydrogen) atoms. The van der Waals surface area contributed by atoms with E-state index < -0.39 is 0 Å². The van der Waals surface area contributed by atoms with Crippen LogP contribution in [-0.2, 0) is 0 Å². The molecule has 2 aromatic rings. The molecule has 1 aromatic heterocycles. The van der Waals surface area contributed by atoms with Crippen LogP contribution in [0.4, 0.5) is 0 Å². The third-order valence-corrected chi connectivity index (χ3v) is 3.14. The van der Waals surface area contributed by atoms with Crippen molar-refractivity contribution in [3.8, 4) is 0 Å². The van der Waals surface area contributed by atoms with Gasteiger partial charge in [-0.2, -0.15) is 4.68 Å². The Hall–Kier alpha value is -1.71. The molecular weight excluding hydrogens is 192 g/mol. The van der Waals surface area contributed by atoms with E-state index in [1.165, 1.54) is 0 Å². The molecule has 0 saturated carbocycles. The van der Waals surface area contributed by atoms with Crippen LogP contribution in [0.1, 0.15) is 13.8 Å². The van der Waals surface area contributed by atoms with Gasteiger partial charge in [-0.3, -0.25) is 5.01 Å². The van der Waals surface area contributed by atoms with Gasteiger partial charge in [-0.25, -0.2) is 4.79 Å².